The maximum atomic E-state index is 6.17. The van der Waals surface area contributed by atoms with Crippen molar-refractivity contribution >= 4 is 16.8 Å². The van der Waals surface area contributed by atoms with Crippen LogP contribution in [0.4, 0.5) is 0 Å². The van der Waals surface area contributed by atoms with Crippen LogP contribution in [-0.2, 0) is 22.6 Å². The first-order chi connectivity index (χ1) is 29.1. The summed E-state index contributed by atoms with van der Waals surface area (Å²) in [5.41, 5.74) is 15.5. The number of hydrogen-bond donors (Lipinski definition) is 2. The molecule has 0 unspecified atom stereocenters. The Morgan fingerprint density at radius 2 is 1.64 bits per heavy atom. The highest BCUT2D eigenvalue weighted by molar-refractivity contribution is 5.84. The fraction of sp³-hybridized carbons (Fsp3) is 0.365. The molecule has 4 aromatic rings. The van der Waals surface area contributed by atoms with Gasteiger partial charge in [-0.15, -0.1) is 0 Å². The minimum atomic E-state index is 0.517. The van der Waals surface area contributed by atoms with Gasteiger partial charge >= 0.3 is 0 Å². The van der Waals surface area contributed by atoms with Gasteiger partial charge in [0.05, 0.1) is 37.8 Å². The van der Waals surface area contributed by atoms with Crippen molar-refractivity contribution in [1.29, 1.82) is 0 Å². The zero-order valence-corrected chi connectivity index (χ0v) is 35.5. The molecule has 0 aliphatic heterocycles. The molecule has 1 heterocycles. The lowest BCUT2D eigenvalue weighted by Gasteiger charge is -2.17. The molecule has 0 fully saturated rings. The van der Waals surface area contributed by atoms with Crippen LogP contribution in [0.1, 0.15) is 99.7 Å². The van der Waals surface area contributed by atoms with Crippen LogP contribution in [0, 0.1) is 0 Å². The molecule has 0 saturated heterocycles. The number of hydrogen-bond acceptors (Lipinski definition) is 6. The topological polar surface area (TPSA) is 83.6 Å². The molecule has 0 atom stereocenters. The molecule has 3 aromatic carbocycles. The molecule has 0 radical (unpaired) electrons. The predicted octanol–water partition coefficient (Wildman–Crippen LogP) is 11.7. The van der Waals surface area contributed by atoms with Gasteiger partial charge in [0, 0.05) is 30.9 Å². The second kappa shape index (κ2) is 26.0. The molecule has 1 aliphatic rings. The Bertz CT molecular complexity index is 1990. The highest BCUT2D eigenvalue weighted by atomic mass is 16.5. The molecule has 0 saturated carbocycles. The van der Waals surface area contributed by atoms with Crippen LogP contribution >= 0.6 is 0 Å². The fourth-order valence-corrected chi connectivity index (χ4v) is 7.13. The number of unbranched alkanes of at least 4 members (excludes halogenated alkanes) is 6. The van der Waals surface area contributed by atoms with Crippen LogP contribution in [0.3, 0.4) is 0 Å². The highest BCUT2D eigenvalue weighted by Gasteiger charge is 2.23. The van der Waals surface area contributed by atoms with Crippen LogP contribution in [0.25, 0.3) is 28.2 Å². The van der Waals surface area contributed by atoms with Gasteiger partial charge in [0.25, 0.3) is 0 Å². The molecule has 7 nitrogen and oxygen atoms in total. The van der Waals surface area contributed by atoms with Gasteiger partial charge in [0.1, 0.15) is 18.2 Å². The van der Waals surface area contributed by atoms with Crippen molar-refractivity contribution in [2.24, 2.45) is 5.73 Å². The number of nitrogens with one attached hydrogen (secondary N) is 1. The van der Waals surface area contributed by atoms with Crippen molar-refractivity contribution in [3.05, 3.63) is 162 Å². The first-order valence-corrected chi connectivity index (χ1v) is 21.7. The zero-order valence-electron chi connectivity index (χ0n) is 35.5. The first kappa shape index (κ1) is 44.9. The first-order valence-electron chi connectivity index (χ1n) is 21.7. The summed E-state index contributed by atoms with van der Waals surface area (Å²) >= 11 is 0. The number of rotatable bonds is 27. The molecule has 1 aromatic heterocycles. The molecule has 0 bridgehead atoms. The third kappa shape index (κ3) is 14.5. The van der Waals surface area contributed by atoms with E-state index in [1.54, 1.807) is 0 Å². The summed E-state index contributed by atoms with van der Waals surface area (Å²) in [7, 11) is 0. The zero-order chi connectivity index (χ0) is 41.3. The Morgan fingerprint density at radius 3 is 2.36 bits per heavy atom. The average molecular weight is 795 g/mol. The molecule has 0 spiro atoms. The van der Waals surface area contributed by atoms with E-state index >= 15 is 0 Å². The van der Waals surface area contributed by atoms with Crippen molar-refractivity contribution in [2.75, 3.05) is 39.5 Å². The molecular weight excluding hydrogens is 729 g/mol. The summed E-state index contributed by atoms with van der Waals surface area (Å²) in [5, 5.41) is 3.68. The minimum Gasteiger partial charge on any atom is -0.489 e. The Balaban J connectivity index is 1.43. The van der Waals surface area contributed by atoms with E-state index in [1.807, 2.05) is 43.3 Å². The number of allylic oxidation sites excluding steroid dienone is 10. The van der Waals surface area contributed by atoms with Crippen molar-refractivity contribution in [2.45, 2.75) is 84.8 Å². The summed E-state index contributed by atoms with van der Waals surface area (Å²) in [6.45, 7) is 13.3. The maximum absolute atomic E-state index is 6.17. The molecule has 7 heteroatoms. The Hall–Kier alpha value is -5.21. The number of ether oxygens (including phenoxy) is 3. The highest BCUT2D eigenvalue weighted by Crippen LogP contribution is 2.36. The summed E-state index contributed by atoms with van der Waals surface area (Å²) in [6.07, 6.45) is 27.8. The van der Waals surface area contributed by atoms with E-state index in [1.165, 1.54) is 55.2 Å². The van der Waals surface area contributed by atoms with Crippen LogP contribution in [0.2, 0.25) is 0 Å². The van der Waals surface area contributed by atoms with E-state index in [9.17, 15) is 0 Å². The lowest BCUT2D eigenvalue weighted by Crippen LogP contribution is -2.20. The average Bonchev–Trinajstić information content (AvgIpc) is 3.65. The van der Waals surface area contributed by atoms with Gasteiger partial charge < -0.3 is 29.8 Å². The second-order valence-corrected chi connectivity index (χ2v) is 14.8. The van der Waals surface area contributed by atoms with Crippen LogP contribution < -0.4 is 15.8 Å². The second-order valence-electron chi connectivity index (χ2n) is 14.8. The molecule has 3 N–H and O–H groups in total. The summed E-state index contributed by atoms with van der Waals surface area (Å²) in [4.78, 5) is 5.44. The fourth-order valence-electron chi connectivity index (χ4n) is 7.13. The molecule has 0 amide bonds. The number of aromatic nitrogens is 2. The van der Waals surface area contributed by atoms with E-state index in [0.717, 1.165) is 71.2 Å². The van der Waals surface area contributed by atoms with Crippen molar-refractivity contribution in [3.8, 4) is 17.1 Å². The van der Waals surface area contributed by atoms with E-state index < -0.39 is 0 Å². The Labute approximate surface area is 354 Å². The van der Waals surface area contributed by atoms with Gasteiger partial charge in [0.15, 0.2) is 0 Å². The van der Waals surface area contributed by atoms with Crippen molar-refractivity contribution < 1.29 is 14.2 Å². The molecule has 1 aliphatic carbocycles. The number of nitrogens with zero attached hydrogens (tertiary/aromatic N) is 2. The SMILES string of the molecule is C=C/C(=C\C=C/C)c1c(C2=CC=CCC2)nc(-c2ccc(OCc3ccccc3)cc2)n1Cc1ccc(C(=CCCCCCCCC)NCCOCCOCCN)cc1. The van der Waals surface area contributed by atoms with Gasteiger partial charge in [-0.1, -0.05) is 149 Å². The Morgan fingerprint density at radius 1 is 0.881 bits per heavy atom. The third-order valence-electron chi connectivity index (χ3n) is 10.3. The molecule has 312 valence electrons. The van der Waals surface area contributed by atoms with Gasteiger partial charge in [-0.25, -0.2) is 4.98 Å². The number of nitrogens with two attached hydrogens (primary N) is 1. The third-order valence-corrected chi connectivity index (χ3v) is 10.3. The standard InChI is InChI=1S/C52H66N4O3/c1-4-7-9-10-11-12-19-25-49(54-35-37-58-39-38-57-36-34-53)45-28-26-42(27-29-45)40-56-51(44(6-3)22-8-5-2)50(46-23-17-14-18-24-46)55-52(56)47-30-32-48(33-31-47)59-41-43-20-15-13-16-21-43/h5-6,8,13-17,20-23,25-33,54H,3-4,7,9-12,18-19,24,34-41,53H2,1-2H3/b8-5-,44-22+,49-25?. The maximum Gasteiger partial charge on any atom is 0.141 e. The van der Waals surface area contributed by atoms with E-state index in [0.29, 0.717) is 46.1 Å². The van der Waals surface area contributed by atoms with E-state index in [4.69, 9.17) is 24.9 Å². The van der Waals surface area contributed by atoms with Crippen LogP contribution in [0.15, 0.2) is 134 Å². The summed E-state index contributed by atoms with van der Waals surface area (Å²) in [5.74, 6) is 1.73. The molecule has 5 rings (SSSR count). The van der Waals surface area contributed by atoms with E-state index in [-0.39, 0.29) is 0 Å². The smallest absolute Gasteiger partial charge is 0.141 e. The number of imidazole rings is 1. The summed E-state index contributed by atoms with van der Waals surface area (Å²) in [6, 6.07) is 27.6. The quantitative estimate of drug-likeness (QED) is 0.0462. The van der Waals surface area contributed by atoms with E-state index in [2.05, 4.69) is 114 Å². The van der Waals surface area contributed by atoms with Gasteiger partial charge in [-0.3, -0.25) is 0 Å². The lowest BCUT2D eigenvalue weighted by atomic mass is 9.97. The van der Waals surface area contributed by atoms with Gasteiger partial charge in [-0.05, 0) is 84.7 Å². The normalized spacial score (nSPS) is 13.2. The molecular formula is C52H66N4O3. The summed E-state index contributed by atoms with van der Waals surface area (Å²) < 4.78 is 19.8. The minimum absolute atomic E-state index is 0.517. The number of benzene rings is 3. The predicted molar refractivity (Wildman–Crippen MR) is 248 cm³/mol. The lowest BCUT2D eigenvalue weighted by molar-refractivity contribution is 0.0527. The molecule has 59 heavy (non-hydrogen) atoms. The van der Waals surface area contributed by atoms with Gasteiger partial charge in [0.2, 0.25) is 0 Å². The largest absolute Gasteiger partial charge is 0.489 e. The Kier molecular flexibility index (Phi) is 19.8. The van der Waals surface area contributed by atoms with Crippen molar-refractivity contribution in [3.63, 3.8) is 0 Å². The van der Waals surface area contributed by atoms with Crippen LogP contribution in [0.5, 0.6) is 5.75 Å². The van der Waals surface area contributed by atoms with Crippen LogP contribution in [-0.4, -0.2) is 49.1 Å². The monoisotopic (exact) mass is 795 g/mol. The van der Waals surface area contributed by atoms with Crippen molar-refractivity contribution in [1.82, 2.24) is 14.9 Å². The van der Waals surface area contributed by atoms with Gasteiger partial charge in [-0.2, -0.15) is 0 Å².